The first-order valence-corrected chi connectivity index (χ1v) is 8.78. The molecule has 3 rings (SSSR count). The topological polar surface area (TPSA) is 33.7 Å². The van der Waals surface area contributed by atoms with Crippen LogP contribution in [0.3, 0.4) is 0 Å². The lowest BCUT2D eigenvalue weighted by Crippen LogP contribution is -2.47. The van der Waals surface area contributed by atoms with Gasteiger partial charge in [0.2, 0.25) is 0 Å². The molecular formula is C18H27Cl2F3N2O2. The van der Waals surface area contributed by atoms with Gasteiger partial charge < -0.3 is 14.8 Å². The average Bonchev–Trinajstić information content (AvgIpc) is 2.63. The van der Waals surface area contributed by atoms with Crippen molar-refractivity contribution in [2.24, 2.45) is 5.92 Å². The molecule has 0 spiro atoms. The number of hydrogen-bond donors (Lipinski definition) is 1. The number of ether oxygens (including phenoxy) is 2. The molecule has 2 saturated heterocycles. The molecule has 9 heteroatoms. The Morgan fingerprint density at radius 1 is 1.15 bits per heavy atom. The van der Waals surface area contributed by atoms with Crippen molar-refractivity contribution in [2.45, 2.75) is 25.1 Å². The van der Waals surface area contributed by atoms with Crippen molar-refractivity contribution in [3.8, 4) is 5.75 Å². The summed E-state index contributed by atoms with van der Waals surface area (Å²) in [6.45, 7) is 4.95. The second-order valence-electron chi connectivity index (χ2n) is 6.64. The highest BCUT2D eigenvalue weighted by Gasteiger charge is 2.36. The van der Waals surface area contributed by atoms with Crippen LogP contribution in [0, 0.1) is 5.92 Å². The largest absolute Gasteiger partial charge is 0.496 e. The summed E-state index contributed by atoms with van der Waals surface area (Å²) in [6.07, 6.45) is -2.54. The molecule has 156 valence electrons. The van der Waals surface area contributed by atoms with Gasteiger partial charge in [-0.05, 0) is 30.9 Å². The second kappa shape index (κ2) is 10.7. The van der Waals surface area contributed by atoms with Crippen LogP contribution in [0.2, 0.25) is 0 Å². The van der Waals surface area contributed by atoms with Gasteiger partial charge in [-0.25, -0.2) is 0 Å². The van der Waals surface area contributed by atoms with Gasteiger partial charge in [0, 0.05) is 51.0 Å². The van der Waals surface area contributed by atoms with Crippen LogP contribution >= 0.6 is 24.8 Å². The number of halogens is 5. The van der Waals surface area contributed by atoms with Crippen LogP contribution in [0.1, 0.15) is 30.0 Å². The number of hydrogen-bond acceptors (Lipinski definition) is 4. The van der Waals surface area contributed by atoms with Gasteiger partial charge in [-0.3, -0.25) is 4.90 Å². The first kappa shape index (κ1) is 24.3. The quantitative estimate of drug-likeness (QED) is 0.784. The highest BCUT2D eigenvalue weighted by atomic mass is 35.5. The molecule has 2 aliphatic rings. The van der Waals surface area contributed by atoms with E-state index in [4.69, 9.17) is 9.47 Å². The standard InChI is InChI=1S/C18H25F3N2O2.2ClH/c1-24-16-12-14(18(19,20)21)2-3-15(16)17(13-4-10-25-11-5-13)23-8-6-22-7-9-23;;/h2-3,12-13,17,22H,4-11H2,1H3;2*1H/t17-;;/m1../s1. The van der Waals surface area contributed by atoms with E-state index in [0.29, 0.717) is 24.9 Å². The predicted molar refractivity (Wildman–Crippen MR) is 103 cm³/mol. The van der Waals surface area contributed by atoms with Crippen molar-refractivity contribution in [1.82, 2.24) is 10.2 Å². The third kappa shape index (κ3) is 5.87. The summed E-state index contributed by atoms with van der Waals surface area (Å²) in [5.74, 6) is 0.683. The molecule has 1 atom stereocenters. The Morgan fingerprint density at radius 3 is 2.33 bits per heavy atom. The molecule has 27 heavy (non-hydrogen) atoms. The Kier molecular flexibility index (Phi) is 9.65. The number of methoxy groups -OCH3 is 1. The maximum atomic E-state index is 13.1. The lowest BCUT2D eigenvalue weighted by molar-refractivity contribution is -0.137. The molecule has 0 radical (unpaired) electrons. The van der Waals surface area contributed by atoms with Gasteiger partial charge in [0.05, 0.1) is 12.7 Å². The average molecular weight is 431 g/mol. The highest BCUT2D eigenvalue weighted by Crippen LogP contribution is 2.41. The number of piperazine rings is 1. The summed E-state index contributed by atoms with van der Waals surface area (Å²) < 4.78 is 50.0. The van der Waals surface area contributed by atoms with E-state index in [1.807, 2.05) is 0 Å². The minimum Gasteiger partial charge on any atom is -0.496 e. The minimum absolute atomic E-state index is 0. The van der Waals surface area contributed by atoms with E-state index in [-0.39, 0.29) is 30.9 Å². The van der Waals surface area contributed by atoms with Gasteiger partial charge in [0.15, 0.2) is 0 Å². The molecule has 1 aromatic rings. The summed E-state index contributed by atoms with van der Waals surface area (Å²) in [4.78, 5) is 2.37. The predicted octanol–water partition coefficient (Wildman–Crippen LogP) is 3.93. The Hall–Kier alpha value is -0.730. The molecule has 0 aromatic heterocycles. The number of alkyl halides is 3. The van der Waals surface area contributed by atoms with E-state index in [1.54, 1.807) is 6.07 Å². The lowest BCUT2D eigenvalue weighted by atomic mass is 9.84. The third-order valence-corrected chi connectivity index (χ3v) is 5.14. The first-order valence-electron chi connectivity index (χ1n) is 8.78. The van der Waals surface area contributed by atoms with Crippen LogP contribution in [-0.2, 0) is 10.9 Å². The SMILES string of the molecule is COc1cc(C(F)(F)F)ccc1[C@@H](C1CCOCC1)N1CCNCC1.Cl.Cl. The molecule has 2 aliphatic heterocycles. The number of nitrogens with one attached hydrogen (secondary N) is 1. The molecule has 0 bridgehead atoms. The van der Waals surface area contributed by atoms with E-state index < -0.39 is 11.7 Å². The summed E-state index contributed by atoms with van der Waals surface area (Å²) in [5, 5.41) is 3.34. The number of rotatable bonds is 4. The van der Waals surface area contributed by atoms with Crippen molar-refractivity contribution >= 4 is 24.8 Å². The molecule has 0 aliphatic carbocycles. The zero-order valence-corrected chi connectivity index (χ0v) is 16.9. The summed E-state index contributed by atoms with van der Waals surface area (Å²) in [7, 11) is 1.44. The summed E-state index contributed by atoms with van der Waals surface area (Å²) in [5.41, 5.74) is 0.184. The molecule has 4 nitrogen and oxygen atoms in total. The normalized spacial score (nSPS) is 20.3. The van der Waals surface area contributed by atoms with Gasteiger partial charge in [-0.1, -0.05) is 6.07 Å². The van der Waals surface area contributed by atoms with Crippen LogP contribution in [0.4, 0.5) is 13.2 Å². The Balaban J connectivity index is 0.00000182. The van der Waals surface area contributed by atoms with E-state index in [1.165, 1.54) is 13.2 Å². The van der Waals surface area contributed by atoms with Crippen molar-refractivity contribution in [3.05, 3.63) is 29.3 Å². The zero-order valence-electron chi connectivity index (χ0n) is 15.3. The molecule has 0 amide bonds. The molecule has 0 saturated carbocycles. The molecule has 2 heterocycles. The summed E-state index contributed by atoms with van der Waals surface area (Å²) in [6, 6.07) is 3.96. The minimum atomic E-state index is -4.37. The molecular weight excluding hydrogens is 404 g/mol. The van der Waals surface area contributed by atoms with Gasteiger partial charge >= 0.3 is 6.18 Å². The maximum Gasteiger partial charge on any atom is 0.416 e. The molecule has 1 N–H and O–H groups in total. The number of nitrogens with zero attached hydrogens (tertiary/aromatic N) is 1. The van der Waals surface area contributed by atoms with Crippen molar-refractivity contribution in [3.63, 3.8) is 0 Å². The van der Waals surface area contributed by atoms with Crippen molar-refractivity contribution in [2.75, 3.05) is 46.5 Å². The summed E-state index contributed by atoms with van der Waals surface area (Å²) >= 11 is 0. The fourth-order valence-corrected chi connectivity index (χ4v) is 3.87. The zero-order chi connectivity index (χ0) is 17.9. The molecule has 2 fully saturated rings. The fourth-order valence-electron chi connectivity index (χ4n) is 3.87. The molecule has 1 aromatic carbocycles. The monoisotopic (exact) mass is 430 g/mol. The smallest absolute Gasteiger partial charge is 0.416 e. The van der Waals surface area contributed by atoms with Crippen molar-refractivity contribution in [1.29, 1.82) is 0 Å². The Bertz CT molecular complexity index is 560. The van der Waals surface area contributed by atoms with Crippen LogP contribution in [0.25, 0.3) is 0 Å². The molecule has 0 unspecified atom stereocenters. The van der Waals surface area contributed by atoms with Crippen LogP contribution < -0.4 is 10.1 Å². The van der Waals surface area contributed by atoms with Crippen LogP contribution in [-0.4, -0.2) is 51.4 Å². The second-order valence-corrected chi connectivity index (χ2v) is 6.64. The van der Waals surface area contributed by atoms with Crippen LogP contribution in [0.5, 0.6) is 5.75 Å². The highest BCUT2D eigenvalue weighted by molar-refractivity contribution is 5.85. The number of benzene rings is 1. The van der Waals surface area contributed by atoms with E-state index in [2.05, 4.69) is 10.2 Å². The Morgan fingerprint density at radius 2 is 1.78 bits per heavy atom. The van der Waals surface area contributed by atoms with Gasteiger partial charge in [0.25, 0.3) is 0 Å². The van der Waals surface area contributed by atoms with E-state index in [9.17, 15) is 13.2 Å². The van der Waals surface area contributed by atoms with Crippen molar-refractivity contribution < 1.29 is 22.6 Å². The van der Waals surface area contributed by atoms with E-state index >= 15 is 0 Å². The first-order chi connectivity index (χ1) is 12.0. The maximum absolute atomic E-state index is 13.1. The van der Waals surface area contributed by atoms with Crippen LogP contribution in [0.15, 0.2) is 18.2 Å². The van der Waals surface area contributed by atoms with Gasteiger partial charge in [-0.2, -0.15) is 13.2 Å². The lowest BCUT2D eigenvalue weighted by Gasteiger charge is -2.41. The van der Waals surface area contributed by atoms with Gasteiger partial charge in [-0.15, -0.1) is 24.8 Å². The van der Waals surface area contributed by atoms with E-state index in [0.717, 1.165) is 50.7 Å². The Labute approximate surface area is 170 Å². The van der Waals surface area contributed by atoms with Gasteiger partial charge in [0.1, 0.15) is 5.75 Å². The fraction of sp³-hybridized carbons (Fsp3) is 0.667. The third-order valence-electron chi connectivity index (χ3n) is 5.14.